The number of amides is 1. The van der Waals surface area contributed by atoms with Crippen LogP contribution in [0.5, 0.6) is 0 Å². The Labute approximate surface area is 176 Å². The van der Waals surface area contributed by atoms with E-state index in [2.05, 4.69) is 10.2 Å². The Morgan fingerprint density at radius 3 is 2.83 bits per heavy atom. The van der Waals surface area contributed by atoms with E-state index in [0.29, 0.717) is 22.5 Å². The molecule has 8 heteroatoms. The van der Waals surface area contributed by atoms with Gasteiger partial charge < -0.3 is 4.57 Å². The minimum Gasteiger partial charge on any atom is -0.307 e. The maximum absolute atomic E-state index is 13.6. The number of aromatic nitrogens is 4. The highest BCUT2D eigenvalue weighted by Gasteiger charge is 2.29. The lowest BCUT2D eigenvalue weighted by molar-refractivity contribution is 0.0970. The van der Waals surface area contributed by atoms with Gasteiger partial charge in [0.25, 0.3) is 5.91 Å². The summed E-state index contributed by atoms with van der Waals surface area (Å²) in [6, 6.07) is 13.7. The molecule has 146 valence electrons. The topological polar surface area (TPSA) is 63.9 Å². The summed E-state index contributed by atoms with van der Waals surface area (Å²) < 4.78 is 2.81. The first-order valence-electron chi connectivity index (χ1n) is 9.45. The fourth-order valence-electron chi connectivity index (χ4n) is 3.63. The number of halogens is 1. The number of hydrogen-bond donors (Lipinski definition) is 0. The standard InChI is InChI=1S/C21H18ClN5OS/c1-13-9-10-15(22)18-17(13)23-21(29-18)27(12-14-6-3-2-4-7-14)20(28)19-25-24-16-8-5-11-26(16)19/h2-4,6-7,9-10H,5,8,11-12H2,1H3. The molecule has 0 spiro atoms. The Morgan fingerprint density at radius 1 is 1.21 bits per heavy atom. The third kappa shape index (κ3) is 3.20. The molecule has 0 radical (unpaired) electrons. The SMILES string of the molecule is Cc1ccc(Cl)c2sc(N(Cc3ccccc3)C(=O)c3nnc4n3CCC4)nc12. The third-order valence-corrected chi connectivity index (χ3v) is 6.68. The van der Waals surface area contributed by atoms with Gasteiger partial charge in [-0.1, -0.05) is 59.3 Å². The lowest BCUT2D eigenvalue weighted by Gasteiger charge is -2.19. The number of benzene rings is 2. The van der Waals surface area contributed by atoms with E-state index in [-0.39, 0.29) is 5.91 Å². The van der Waals surface area contributed by atoms with Gasteiger partial charge in [0, 0.05) is 13.0 Å². The summed E-state index contributed by atoms with van der Waals surface area (Å²) >= 11 is 7.83. The van der Waals surface area contributed by atoms with Gasteiger partial charge in [0.05, 0.1) is 21.8 Å². The molecule has 3 heterocycles. The van der Waals surface area contributed by atoms with Gasteiger partial charge >= 0.3 is 0 Å². The number of nitrogens with zero attached hydrogens (tertiary/aromatic N) is 5. The Kier molecular flexibility index (Phi) is 4.56. The average Bonchev–Trinajstić information content (AvgIpc) is 3.45. The van der Waals surface area contributed by atoms with Gasteiger partial charge in [-0.25, -0.2) is 4.98 Å². The molecule has 29 heavy (non-hydrogen) atoms. The number of carbonyl (C=O) groups excluding carboxylic acids is 1. The van der Waals surface area contributed by atoms with Crippen molar-refractivity contribution in [3.63, 3.8) is 0 Å². The van der Waals surface area contributed by atoms with Crippen LogP contribution in [0.25, 0.3) is 10.2 Å². The second-order valence-corrected chi connectivity index (χ2v) is 8.50. The lowest BCUT2D eigenvalue weighted by atomic mass is 10.2. The maximum Gasteiger partial charge on any atom is 0.298 e. The molecule has 5 rings (SSSR count). The van der Waals surface area contributed by atoms with Crippen molar-refractivity contribution in [2.45, 2.75) is 32.9 Å². The summed E-state index contributed by atoms with van der Waals surface area (Å²) in [4.78, 5) is 20.0. The molecule has 1 amide bonds. The van der Waals surface area contributed by atoms with Crippen molar-refractivity contribution in [3.8, 4) is 0 Å². The van der Waals surface area contributed by atoms with Crippen molar-refractivity contribution in [2.75, 3.05) is 4.90 Å². The van der Waals surface area contributed by atoms with E-state index >= 15 is 0 Å². The fraction of sp³-hybridized carbons (Fsp3) is 0.238. The first-order chi connectivity index (χ1) is 14.1. The number of fused-ring (bicyclic) bond motifs is 2. The molecule has 0 atom stereocenters. The molecule has 1 aliphatic heterocycles. The van der Waals surface area contributed by atoms with Crippen molar-refractivity contribution >= 4 is 44.2 Å². The van der Waals surface area contributed by atoms with Crippen molar-refractivity contribution in [3.05, 3.63) is 70.3 Å². The normalized spacial score (nSPS) is 13.0. The monoisotopic (exact) mass is 423 g/mol. The smallest absolute Gasteiger partial charge is 0.298 e. The van der Waals surface area contributed by atoms with Gasteiger partial charge in [-0.15, -0.1) is 10.2 Å². The van der Waals surface area contributed by atoms with E-state index in [1.54, 1.807) is 4.90 Å². The molecule has 0 saturated carbocycles. The molecule has 0 saturated heterocycles. The van der Waals surface area contributed by atoms with Gasteiger partial charge in [-0.2, -0.15) is 0 Å². The van der Waals surface area contributed by atoms with Gasteiger partial charge in [-0.3, -0.25) is 9.69 Å². The van der Waals surface area contributed by atoms with E-state index in [1.165, 1.54) is 11.3 Å². The maximum atomic E-state index is 13.6. The molecule has 0 N–H and O–H groups in total. The van der Waals surface area contributed by atoms with Crippen molar-refractivity contribution in [2.24, 2.45) is 0 Å². The second-order valence-electron chi connectivity index (χ2n) is 7.11. The lowest BCUT2D eigenvalue weighted by Crippen LogP contribution is -2.32. The number of aryl methyl sites for hydroxylation is 2. The number of thiazole rings is 1. The molecule has 0 unspecified atom stereocenters. The molecule has 4 aromatic rings. The second kappa shape index (κ2) is 7.24. The highest BCUT2D eigenvalue weighted by molar-refractivity contribution is 7.23. The van der Waals surface area contributed by atoms with Crippen LogP contribution in [0.2, 0.25) is 5.02 Å². The molecular weight excluding hydrogens is 406 g/mol. The Hall–Kier alpha value is -2.77. The molecule has 0 bridgehead atoms. The molecule has 0 fully saturated rings. The minimum absolute atomic E-state index is 0.192. The number of rotatable bonds is 4. The van der Waals surface area contributed by atoms with Crippen LogP contribution in [0.4, 0.5) is 5.13 Å². The zero-order valence-corrected chi connectivity index (χ0v) is 17.4. The largest absolute Gasteiger partial charge is 0.307 e. The summed E-state index contributed by atoms with van der Waals surface area (Å²) in [6.07, 6.45) is 1.84. The zero-order valence-electron chi connectivity index (χ0n) is 15.8. The third-order valence-electron chi connectivity index (χ3n) is 5.15. The summed E-state index contributed by atoms with van der Waals surface area (Å²) in [5.74, 6) is 1.05. The zero-order chi connectivity index (χ0) is 20.0. The van der Waals surface area contributed by atoms with Gasteiger partial charge in [0.15, 0.2) is 5.13 Å². The van der Waals surface area contributed by atoms with E-state index in [4.69, 9.17) is 16.6 Å². The van der Waals surface area contributed by atoms with Crippen molar-refractivity contribution in [1.29, 1.82) is 0 Å². The molecule has 0 aliphatic carbocycles. The molecule has 2 aromatic heterocycles. The number of hydrogen-bond acceptors (Lipinski definition) is 5. The molecule has 6 nitrogen and oxygen atoms in total. The van der Waals surface area contributed by atoms with Gasteiger partial charge in [-0.05, 0) is 30.5 Å². The summed E-state index contributed by atoms with van der Waals surface area (Å²) in [5, 5.41) is 9.64. The van der Waals surface area contributed by atoms with Crippen LogP contribution >= 0.6 is 22.9 Å². The van der Waals surface area contributed by atoms with Crippen LogP contribution in [0, 0.1) is 6.92 Å². The predicted molar refractivity (Wildman–Crippen MR) is 115 cm³/mol. The van der Waals surface area contributed by atoms with Crippen LogP contribution in [-0.2, 0) is 19.5 Å². The molecule has 1 aliphatic rings. The summed E-state index contributed by atoms with van der Waals surface area (Å²) in [5.41, 5.74) is 2.88. The van der Waals surface area contributed by atoms with E-state index < -0.39 is 0 Å². The van der Waals surface area contributed by atoms with Crippen LogP contribution in [0.3, 0.4) is 0 Å². The van der Waals surface area contributed by atoms with Crippen molar-refractivity contribution in [1.82, 2.24) is 19.7 Å². The van der Waals surface area contributed by atoms with Gasteiger partial charge in [0.2, 0.25) is 5.82 Å². The van der Waals surface area contributed by atoms with E-state index in [9.17, 15) is 4.79 Å². The van der Waals surface area contributed by atoms with E-state index in [0.717, 1.165) is 46.6 Å². The van der Waals surface area contributed by atoms with Crippen LogP contribution < -0.4 is 4.90 Å². The summed E-state index contributed by atoms with van der Waals surface area (Å²) in [7, 11) is 0. The molecule has 2 aromatic carbocycles. The van der Waals surface area contributed by atoms with E-state index in [1.807, 2.05) is 54.0 Å². The fourth-order valence-corrected chi connectivity index (χ4v) is 4.94. The first-order valence-corrected chi connectivity index (χ1v) is 10.6. The van der Waals surface area contributed by atoms with Crippen LogP contribution in [0.15, 0.2) is 42.5 Å². The van der Waals surface area contributed by atoms with Gasteiger partial charge in [0.1, 0.15) is 5.82 Å². The quantitative estimate of drug-likeness (QED) is 0.479. The minimum atomic E-state index is -0.192. The van der Waals surface area contributed by atoms with Crippen molar-refractivity contribution < 1.29 is 4.79 Å². The predicted octanol–water partition coefficient (Wildman–Crippen LogP) is 4.64. The number of carbonyl (C=O) groups is 1. The number of anilines is 1. The Balaban J connectivity index is 1.61. The average molecular weight is 424 g/mol. The Morgan fingerprint density at radius 2 is 2.03 bits per heavy atom. The van der Waals surface area contributed by atoms with Crippen LogP contribution in [0.1, 0.15) is 34.0 Å². The highest BCUT2D eigenvalue weighted by Crippen LogP contribution is 2.36. The molecular formula is C21H18ClN5OS. The highest BCUT2D eigenvalue weighted by atomic mass is 35.5. The Bertz CT molecular complexity index is 1180. The first kappa shape index (κ1) is 18.3. The summed E-state index contributed by atoms with van der Waals surface area (Å²) in [6.45, 7) is 3.17. The van der Waals surface area contributed by atoms with Crippen LogP contribution in [-0.4, -0.2) is 25.7 Å².